The van der Waals surface area contributed by atoms with Crippen LogP contribution < -0.4 is 9.47 Å². The van der Waals surface area contributed by atoms with Gasteiger partial charge in [-0.2, -0.15) is 0 Å². The number of ether oxygens (including phenoxy) is 2. The van der Waals surface area contributed by atoms with Crippen LogP contribution in [0.25, 0.3) is 6.08 Å². The Morgan fingerprint density at radius 2 is 2.13 bits per heavy atom. The summed E-state index contributed by atoms with van der Waals surface area (Å²) < 4.78 is 11.8. The molecule has 0 fully saturated rings. The molecular formula is C11H11BrO3. The van der Waals surface area contributed by atoms with Crippen molar-refractivity contribution >= 4 is 22.0 Å². The van der Waals surface area contributed by atoms with E-state index in [2.05, 4.69) is 15.9 Å². The van der Waals surface area contributed by atoms with Gasteiger partial charge in [0.05, 0.1) is 11.1 Å². The van der Waals surface area contributed by atoms with Crippen LogP contribution in [-0.4, -0.2) is 24.9 Å². The van der Waals surface area contributed by atoms with Crippen molar-refractivity contribution < 1.29 is 14.6 Å². The molecule has 1 aromatic carbocycles. The minimum absolute atomic E-state index is 0.0338. The van der Waals surface area contributed by atoms with E-state index in [4.69, 9.17) is 14.6 Å². The van der Waals surface area contributed by atoms with Gasteiger partial charge in [-0.15, -0.1) is 0 Å². The second-order valence-corrected chi connectivity index (χ2v) is 3.97. The third kappa shape index (κ3) is 2.33. The molecule has 0 unspecified atom stereocenters. The molecule has 3 nitrogen and oxygen atoms in total. The maximum Gasteiger partial charge on any atom is 0.175 e. The van der Waals surface area contributed by atoms with Gasteiger partial charge in [-0.1, -0.05) is 12.2 Å². The molecule has 0 bridgehead atoms. The zero-order valence-electron chi connectivity index (χ0n) is 8.07. The molecule has 0 atom stereocenters. The van der Waals surface area contributed by atoms with Gasteiger partial charge in [-0.05, 0) is 33.6 Å². The molecule has 1 heterocycles. The number of benzene rings is 1. The second-order valence-electron chi connectivity index (χ2n) is 3.11. The van der Waals surface area contributed by atoms with Gasteiger partial charge in [-0.25, -0.2) is 0 Å². The molecule has 1 aliphatic heterocycles. The van der Waals surface area contributed by atoms with Crippen molar-refractivity contribution in [3.05, 3.63) is 28.2 Å². The third-order valence-electron chi connectivity index (χ3n) is 2.03. The molecule has 0 aliphatic carbocycles. The highest BCUT2D eigenvalue weighted by Gasteiger charge is 2.15. The molecule has 0 spiro atoms. The molecule has 2 rings (SSSR count). The van der Waals surface area contributed by atoms with Crippen LogP contribution in [0, 0.1) is 0 Å². The Labute approximate surface area is 96.4 Å². The fraction of sp³-hybridized carbons (Fsp3) is 0.273. The summed E-state index contributed by atoms with van der Waals surface area (Å²) in [4.78, 5) is 0. The van der Waals surface area contributed by atoms with Crippen LogP contribution in [0.5, 0.6) is 11.5 Å². The molecule has 0 saturated carbocycles. The van der Waals surface area contributed by atoms with Crippen LogP contribution in [0.1, 0.15) is 5.56 Å². The first-order chi connectivity index (χ1) is 7.31. The first-order valence-electron chi connectivity index (χ1n) is 4.68. The highest BCUT2D eigenvalue weighted by atomic mass is 79.9. The molecule has 80 valence electrons. The van der Waals surface area contributed by atoms with E-state index in [1.165, 1.54) is 0 Å². The number of hydrogen-bond donors (Lipinski definition) is 1. The number of aliphatic hydroxyl groups excluding tert-OH is 1. The molecular weight excluding hydrogens is 260 g/mol. The number of hydrogen-bond acceptors (Lipinski definition) is 3. The van der Waals surface area contributed by atoms with Crippen molar-refractivity contribution in [3.8, 4) is 11.5 Å². The van der Waals surface area contributed by atoms with Gasteiger partial charge in [0.2, 0.25) is 0 Å². The normalized spacial score (nSPS) is 14.5. The van der Waals surface area contributed by atoms with Gasteiger partial charge in [0, 0.05) is 0 Å². The maximum absolute atomic E-state index is 8.68. The largest absolute Gasteiger partial charge is 0.486 e. The standard InChI is InChI=1S/C11H11BrO3/c12-9-6-8(2-1-3-13)7-10-11(9)15-5-4-14-10/h1-2,6-7,13H,3-5H2. The quantitative estimate of drug-likeness (QED) is 0.896. The Morgan fingerprint density at radius 3 is 2.93 bits per heavy atom. The zero-order valence-corrected chi connectivity index (χ0v) is 9.66. The van der Waals surface area contributed by atoms with Crippen LogP contribution >= 0.6 is 15.9 Å². The summed E-state index contributed by atoms with van der Waals surface area (Å²) in [6.07, 6.45) is 3.51. The highest BCUT2D eigenvalue weighted by Crippen LogP contribution is 2.38. The minimum Gasteiger partial charge on any atom is -0.486 e. The van der Waals surface area contributed by atoms with E-state index in [1.807, 2.05) is 18.2 Å². The van der Waals surface area contributed by atoms with Gasteiger partial charge in [0.15, 0.2) is 11.5 Å². The Bertz CT molecular complexity index is 388. The summed E-state index contributed by atoms with van der Waals surface area (Å²) in [5.41, 5.74) is 0.972. The monoisotopic (exact) mass is 270 g/mol. The van der Waals surface area contributed by atoms with Gasteiger partial charge < -0.3 is 14.6 Å². The number of fused-ring (bicyclic) bond motifs is 1. The summed E-state index contributed by atoms with van der Waals surface area (Å²) in [6.45, 7) is 1.19. The van der Waals surface area contributed by atoms with Crippen LogP contribution in [0.4, 0.5) is 0 Å². The first kappa shape index (κ1) is 10.5. The Morgan fingerprint density at radius 1 is 1.33 bits per heavy atom. The fourth-order valence-corrected chi connectivity index (χ4v) is 1.99. The Hall–Kier alpha value is -1.00. The number of rotatable bonds is 2. The minimum atomic E-state index is 0.0338. The maximum atomic E-state index is 8.68. The number of halogens is 1. The SMILES string of the molecule is OCC=Cc1cc(Br)c2c(c1)OCCO2. The third-order valence-corrected chi connectivity index (χ3v) is 2.62. The molecule has 0 aromatic heterocycles. The Balaban J connectivity index is 2.36. The predicted molar refractivity (Wildman–Crippen MR) is 61.3 cm³/mol. The van der Waals surface area contributed by atoms with Crippen molar-refractivity contribution in [2.75, 3.05) is 19.8 Å². The van der Waals surface area contributed by atoms with E-state index in [1.54, 1.807) is 6.08 Å². The van der Waals surface area contributed by atoms with Gasteiger partial charge in [0.25, 0.3) is 0 Å². The smallest absolute Gasteiger partial charge is 0.175 e. The molecule has 4 heteroatoms. The summed E-state index contributed by atoms with van der Waals surface area (Å²) in [5.74, 6) is 1.50. The van der Waals surface area contributed by atoms with Crippen molar-refractivity contribution in [2.24, 2.45) is 0 Å². The summed E-state index contributed by atoms with van der Waals surface area (Å²) >= 11 is 3.42. The van der Waals surface area contributed by atoms with Crippen LogP contribution in [-0.2, 0) is 0 Å². The molecule has 0 amide bonds. The lowest BCUT2D eigenvalue weighted by atomic mass is 10.2. The molecule has 0 saturated heterocycles. The topological polar surface area (TPSA) is 38.7 Å². The Kier molecular flexibility index (Phi) is 3.28. The van der Waals surface area contributed by atoms with Gasteiger partial charge >= 0.3 is 0 Å². The van der Waals surface area contributed by atoms with Crippen LogP contribution in [0.2, 0.25) is 0 Å². The molecule has 15 heavy (non-hydrogen) atoms. The van der Waals surface area contributed by atoms with Crippen LogP contribution in [0.3, 0.4) is 0 Å². The summed E-state index contributed by atoms with van der Waals surface area (Å²) in [5, 5.41) is 8.68. The van der Waals surface area contributed by atoms with E-state index in [0.29, 0.717) is 13.2 Å². The average molecular weight is 271 g/mol. The molecule has 1 aromatic rings. The average Bonchev–Trinajstić information content (AvgIpc) is 2.26. The lowest BCUT2D eigenvalue weighted by Crippen LogP contribution is -2.15. The lowest BCUT2D eigenvalue weighted by Gasteiger charge is -2.19. The lowest BCUT2D eigenvalue weighted by molar-refractivity contribution is 0.170. The van der Waals surface area contributed by atoms with Gasteiger partial charge in [-0.3, -0.25) is 0 Å². The molecule has 0 radical (unpaired) electrons. The van der Waals surface area contributed by atoms with Crippen LogP contribution in [0.15, 0.2) is 22.7 Å². The van der Waals surface area contributed by atoms with Crippen molar-refractivity contribution in [1.29, 1.82) is 0 Å². The van der Waals surface area contributed by atoms with Crippen molar-refractivity contribution in [3.63, 3.8) is 0 Å². The predicted octanol–water partition coefficient (Wildman–Crippen LogP) is 2.23. The fourth-order valence-electron chi connectivity index (χ4n) is 1.42. The van der Waals surface area contributed by atoms with Crippen molar-refractivity contribution in [1.82, 2.24) is 0 Å². The second kappa shape index (κ2) is 4.68. The van der Waals surface area contributed by atoms with E-state index >= 15 is 0 Å². The van der Waals surface area contributed by atoms with Crippen molar-refractivity contribution in [2.45, 2.75) is 0 Å². The zero-order chi connectivity index (χ0) is 10.7. The van der Waals surface area contributed by atoms with E-state index in [9.17, 15) is 0 Å². The van der Waals surface area contributed by atoms with E-state index in [-0.39, 0.29) is 6.61 Å². The summed E-state index contributed by atoms with van der Waals surface area (Å²) in [6, 6.07) is 3.82. The van der Waals surface area contributed by atoms with E-state index < -0.39 is 0 Å². The number of aliphatic hydroxyl groups is 1. The molecule has 1 aliphatic rings. The van der Waals surface area contributed by atoms with E-state index in [0.717, 1.165) is 21.5 Å². The first-order valence-corrected chi connectivity index (χ1v) is 5.47. The molecule has 1 N–H and O–H groups in total. The summed E-state index contributed by atoms with van der Waals surface area (Å²) in [7, 11) is 0. The highest BCUT2D eigenvalue weighted by molar-refractivity contribution is 9.10. The van der Waals surface area contributed by atoms with Gasteiger partial charge in [0.1, 0.15) is 13.2 Å².